The van der Waals surface area contributed by atoms with Gasteiger partial charge in [0.15, 0.2) is 17.5 Å². The van der Waals surface area contributed by atoms with Crippen LogP contribution in [0.2, 0.25) is 0 Å². The minimum Gasteiger partial charge on any atom is -0.483 e. The molecule has 48 heavy (non-hydrogen) atoms. The van der Waals surface area contributed by atoms with Crippen LogP contribution in [0.1, 0.15) is 11.6 Å². The first kappa shape index (κ1) is 26.8. The van der Waals surface area contributed by atoms with Crippen molar-refractivity contribution in [2.45, 2.75) is 12.1 Å². The molecule has 0 N–H and O–H groups in total. The van der Waals surface area contributed by atoms with E-state index in [4.69, 9.17) is 29.1 Å². The number of dihydropyridines is 1. The van der Waals surface area contributed by atoms with Crippen LogP contribution in [0.5, 0.6) is 5.75 Å². The van der Waals surface area contributed by atoms with Crippen molar-refractivity contribution in [3.63, 3.8) is 0 Å². The van der Waals surface area contributed by atoms with E-state index in [1.165, 1.54) is 0 Å². The van der Waals surface area contributed by atoms with Crippen LogP contribution in [-0.2, 0) is 0 Å². The highest BCUT2D eigenvalue weighted by molar-refractivity contribution is 6.19. The molecule has 10 rings (SSSR count). The summed E-state index contributed by atoms with van der Waals surface area (Å²) in [6.45, 7) is 0. The third-order valence-electron chi connectivity index (χ3n) is 9.31. The summed E-state index contributed by atoms with van der Waals surface area (Å²) < 4.78 is 13.3. The summed E-state index contributed by atoms with van der Waals surface area (Å²) >= 11 is 0. The summed E-state index contributed by atoms with van der Waals surface area (Å²) in [6, 6.07) is 43.0. The summed E-state index contributed by atoms with van der Waals surface area (Å²) in [6.07, 6.45) is 5.64. The quantitative estimate of drug-likeness (QED) is 0.196. The standard InChI is InChI=1S/C42H26N4O2/c1-3-12-26(13-4-1)40-44-41(27-14-5-2-6-15-27)46-42(45-40)32-23-22-30(39-36(32)37-34(48-39)19-10-24-43-37)29-17-9-18-33-35(29)31-21-20-25-11-7-8-16-28(25)38(31)47-33/h1-24,34,37H. The lowest BCUT2D eigenvalue weighted by Gasteiger charge is -2.16. The van der Waals surface area contributed by atoms with Crippen LogP contribution < -0.4 is 4.74 Å². The highest BCUT2D eigenvalue weighted by Gasteiger charge is 2.39. The van der Waals surface area contributed by atoms with Gasteiger partial charge in [-0.1, -0.05) is 103 Å². The van der Waals surface area contributed by atoms with Gasteiger partial charge in [-0.2, -0.15) is 0 Å². The molecule has 0 aliphatic carbocycles. The third-order valence-corrected chi connectivity index (χ3v) is 9.31. The molecule has 2 unspecified atom stereocenters. The Labute approximate surface area is 275 Å². The lowest BCUT2D eigenvalue weighted by molar-refractivity contribution is 0.258. The molecule has 2 aliphatic rings. The van der Waals surface area contributed by atoms with Gasteiger partial charge in [0, 0.05) is 50.2 Å². The maximum atomic E-state index is 6.79. The highest BCUT2D eigenvalue weighted by Crippen LogP contribution is 2.52. The zero-order valence-corrected chi connectivity index (χ0v) is 25.6. The Balaban J connectivity index is 1.22. The van der Waals surface area contributed by atoms with Crippen LogP contribution in [0.25, 0.3) is 78.0 Å². The van der Waals surface area contributed by atoms with Crippen molar-refractivity contribution in [2.24, 2.45) is 4.99 Å². The molecule has 0 bridgehead atoms. The second-order valence-corrected chi connectivity index (χ2v) is 12.1. The molecule has 0 saturated heterocycles. The van der Waals surface area contributed by atoms with Gasteiger partial charge >= 0.3 is 0 Å². The lowest BCUT2D eigenvalue weighted by atomic mass is 9.91. The van der Waals surface area contributed by atoms with E-state index in [2.05, 4.69) is 60.7 Å². The smallest absolute Gasteiger partial charge is 0.164 e. The summed E-state index contributed by atoms with van der Waals surface area (Å²) in [5, 5.41) is 4.37. The number of fused-ring (bicyclic) bond motifs is 8. The summed E-state index contributed by atoms with van der Waals surface area (Å²) in [5.41, 5.74) is 7.44. The molecule has 6 nitrogen and oxygen atoms in total. The number of rotatable bonds is 4. The molecule has 0 radical (unpaired) electrons. The minimum absolute atomic E-state index is 0.235. The molecule has 6 aromatic carbocycles. The van der Waals surface area contributed by atoms with E-state index in [-0.39, 0.29) is 12.1 Å². The number of ether oxygens (including phenoxy) is 1. The average Bonchev–Trinajstić information content (AvgIpc) is 3.75. The van der Waals surface area contributed by atoms with E-state index in [9.17, 15) is 0 Å². The van der Waals surface area contributed by atoms with E-state index in [1.54, 1.807) is 0 Å². The fraction of sp³-hybridized carbons (Fsp3) is 0.0476. The van der Waals surface area contributed by atoms with Crippen LogP contribution >= 0.6 is 0 Å². The van der Waals surface area contributed by atoms with Crippen molar-refractivity contribution in [1.82, 2.24) is 15.0 Å². The average molecular weight is 619 g/mol. The number of hydrogen-bond acceptors (Lipinski definition) is 6. The van der Waals surface area contributed by atoms with Gasteiger partial charge < -0.3 is 9.15 Å². The molecule has 0 saturated carbocycles. The van der Waals surface area contributed by atoms with Gasteiger partial charge in [-0.3, -0.25) is 4.99 Å². The predicted octanol–water partition coefficient (Wildman–Crippen LogP) is 10.0. The first-order valence-corrected chi connectivity index (χ1v) is 16.0. The summed E-state index contributed by atoms with van der Waals surface area (Å²) in [4.78, 5) is 20.0. The molecule has 2 atom stereocenters. The maximum absolute atomic E-state index is 6.79. The third kappa shape index (κ3) is 4.12. The summed E-state index contributed by atoms with van der Waals surface area (Å²) in [5.74, 6) is 2.60. The Morgan fingerprint density at radius 2 is 1.25 bits per heavy atom. The number of furan rings is 1. The first-order chi connectivity index (χ1) is 23.8. The van der Waals surface area contributed by atoms with E-state index >= 15 is 0 Å². The van der Waals surface area contributed by atoms with Crippen molar-refractivity contribution in [2.75, 3.05) is 0 Å². The lowest BCUT2D eigenvalue weighted by Crippen LogP contribution is -2.17. The molecule has 2 aliphatic heterocycles. The number of nitrogens with zero attached hydrogens (tertiary/aromatic N) is 4. The fourth-order valence-electron chi connectivity index (χ4n) is 7.10. The van der Waals surface area contributed by atoms with Gasteiger partial charge in [-0.25, -0.2) is 15.0 Å². The first-order valence-electron chi connectivity index (χ1n) is 16.0. The van der Waals surface area contributed by atoms with Gasteiger partial charge in [-0.15, -0.1) is 0 Å². The molecule has 0 fully saturated rings. The molecule has 0 spiro atoms. The van der Waals surface area contributed by atoms with Crippen LogP contribution in [-0.4, -0.2) is 27.3 Å². The van der Waals surface area contributed by atoms with E-state index < -0.39 is 0 Å². The van der Waals surface area contributed by atoms with Gasteiger partial charge in [0.1, 0.15) is 29.1 Å². The topological polar surface area (TPSA) is 73.4 Å². The van der Waals surface area contributed by atoms with Gasteiger partial charge in [-0.05, 0) is 47.4 Å². The Morgan fingerprint density at radius 1 is 0.542 bits per heavy atom. The van der Waals surface area contributed by atoms with Gasteiger partial charge in [0.05, 0.1) is 0 Å². The molecule has 226 valence electrons. The normalized spacial score (nSPS) is 16.3. The van der Waals surface area contributed by atoms with Gasteiger partial charge in [0.25, 0.3) is 0 Å². The van der Waals surface area contributed by atoms with Crippen molar-refractivity contribution >= 4 is 38.9 Å². The number of aliphatic imine (C=N–C) groups is 1. The van der Waals surface area contributed by atoms with Crippen molar-refractivity contribution in [1.29, 1.82) is 0 Å². The number of aromatic nitrogens is 3. The predicted molar refractivity (Wildman–Crippen MR) is 191 cm³/mol. The van der Waals surface area contributed by atoms with Crippen LogP contribution in [0, 0.1) is 0 Å². The number of hydrogen-bond donors (Lipinski definition) is 0. The van der Waals surface area contributed by atoms with Crippen LogP contribution in [0.3, 0.4) is 0 Å². The maximum Gasteiger partial charge on any atom is 0.164 e. The Kier molecular flexibility index (Phi) is 5.90. The zero-order chi connectivity index (χ0) is 31.6. The minimum atomic E-state index is -0.238. The Morgan fingerprint density at radius 3 is 2.04 bits per heavy atom. The molecular weight excluding hydrogens is 592 g/mol. The number of benzene rings is 6. The largest absolute Gasteiger partial charge is 0.483 e. The van der Waals surface area contributed by atoms with Crippen LogP contribution in [0.15, 0.2) is 149 Å². The Bertz CT molecular complexity index is 2550. The van der Waals surface area contributed by atoms with E-state index in [1.807, 2.05) is 85.1 Å². The molecule has 0 amide bonds. The number of allylic oxidation sites excluding steroid dienone is 1. The van der Waals surface area contributed by atoms with Crippen molar-refractivity contribution in [3.8, 4) is 51.0 Å². The van der Waals surface area contributed by atoms with Crippen molar-refractivity contribution < 1.29 is 9.15 Å². The van der Waals surface area contributed by atoms with Crippen LogP contribution in [0.4, 0.5) is 0 Å². The monoisotopic (exact) mass is 618 g/mol. The Hall–Kier alpha value is -6.40. The van der Waals surface area contributed by atoms with Gasteiger partial charge in [0.2, 0.25) is 0 Å². The SMILES string of the molecule is C1=CC2Oc3c(-c4cccc5oc6c7ccccc7ccc6c45)ccc(-c4nc(-c5ccccc5)nc(-c5ccccc5)n4)c3C2N=C1. The molecule has 4 heterocycles. The van der Waals surface area contributed by atoms with E-state index in [0.717, 1.165) is 71.8 Å². The molecule has 2 aromatic heterocycles. The molecular formula is C42H26N4O2. The second kappa shape index (κ2) is 10.6. The molecule has 8 aromatic rings. The summed E-state index contributed by atoms with van der Waals surface area (Å²) in [7, 11) is 0. The van der Waals surface area contributed by atoms with E-state index in [0.29, 0.717) is 17.5 Å². The second-order valence-electron chi connectivity index (χ2n) is 12.1. The fourth-order valence-corrected chi connectivity index (χ4v) is 7.10. The highest BCUT2D eigenvalue weighted by atomic mass is 16.5. The van der Waals surface area contributed by atoms with Crippen molar-refractivity contribution in [3.05, 3.63) is 145 Å². The molecule has 6 heteroatoms. The zero-order valence-electron chi connectivity index (χ0n) is 25.6.